The molecule has 0 saturated heterocycles. The third-order valence-corrected chi connectivity index (χ3v) is 3.51. The molecule has 3 aromatic heterocycles. The summed E-state index contributed by atoms with van der Waals surface area (Å²) in [7, 11) is 1.15. The fourth-order valence-electron chi connectivity index (χ4n) is 2.35. The van der Waals surface area contributed by atoms with Gasteiger partial charge in [0.1, 0.15) is 6.61 Å². The summed E-state index contributed by atoms with van der Waals surface area (Å²) in [5, 5.41) is 7.22. The second-order valence-corrected chi connectivity index (χ2v) is 5.60. The second kappa shape index (κ2) is 7.06. The molecular formula is C16H13F5N4O2. The number of methoxy groups -OCH3 is 1. The molecule has 0 unspecified atom stereocenters. The van der Waals surface area contributed by atoms with Crippen LogP contribution >= 0.6 is 0 Å². The molecule has 144 valence electrons. The minimum absolute atomic E-state index is 0.200. The number of hydrogen-bond acceptors (Lipinski definition) is 5. The van der Waals surface area contributed by atoms with Crippen molar-refractivity contribution in [3.05, 3.63) is 42.5 Å². The van der Waals surface area contributed by atoms with E-state index in [4.69, 9.17) is 0 Å². The molecular weight excluding hydrogens is 375 g/mol. The van der Waals surface area contributed by atoms with Crippen molar-refractivity contribution in [2.45, 2.75) is 12.1 Å². The van der Waals surface area contributed by atoms with Gasteiger partial charge in [-0.25, -0.2) is 4.98 Å². The Hall–Kier alpha value is -2.82. The highest BCUT2D eigenvalue weighted by Crippen LogP contribution is 2.29. The summed E-state index contributed by atoms with van der Waals surface area (Å²) in [6, 6.07) is 5.83. The largest absolute Gasteiger partial charge is 0.468 e. The molecule has 27 heavy (non-hydrogen) atoms. The zero-order valence-electron chi connectivity index (χ0n) is 13.9. The Morgan fingerprint density at radius 3 is 2.33 bits per heavy atom. The van der Waals surface area contributed by atoms with Gasteiger partial charge in [-0.05, 0) is 18.2 Å². The standard InChI is InChI=1S/C16H13F5N4O2/c1-26-8-15(17,18)14-24-23-12-4-2-11(7-25(12)14)10-3-5-13(22-6-10)27-9-16(19,20)21/h2-7H,8-9H2,1H3. The van der Waals surface area contributed by atoms with Gasteiger partial charge in [-0.1, -0.05) is 0 Å². The number of hydrogen-bond donors (Lipinski definition) is 0. The lowest BCUT2D eigenvalue weighted by Gasteiger charge is -2.13. The van der Waals surface area contributed by atoms with Gasteiger partial charge in [0, 0.05) is 36.7 Å². The first-order valence-electron chi connectivity index (χ1n) is 7.57. The van der Waals surface area contributed by atoms with E-state index in [1.807, 2.05) is 0 Å². The Morgan fingerprint density at radius 1 is 0.963 bits per heavy atom. The Kier molecular flexibility index (Phi) is 4.96. The summed E-state index contributed by atoms with van der Waals surface area (Å²) in [5.41, 5.74) is 1.19. The van der Waals surface area contributed by atoms with Crippen LogP contribution in [0.1, 0.15) is 5.82 Å². The van der Waals surface area contributed by atoms with Crippen LogP contribution in [0, 0.1) is 0 Å². The fourth-order valence-corrected chi connectivity index (χ4v) is 2.35. The monoisotopic (exact) mass is 388 g/mol. The van der Waals surface area contributed by atoms with E-state index in [1.165, 1.54) is 30.6 Å². The SMILES string of the molecule is COCC(F)(F)c1nnc2ccc(-c3ccc(OCC(F)(F)F)nc3)cn12. The first-order chi connectivity index (χ1) is 12.7. The Balaban J connectivity index is 1.89. The molecule has 0 aliphatic carbocycles. The average Bonchev–Trinajstić information content (AvgIpc) is 3.04. The van der Waals surface area contributed by atoms with Crippen LogP contribution in [0.5, 0.6) is 5.88 Å². The van der Waals surface area contributed by atoms with Crippen molar-refractivity contribution in [1.29, 1.82) is 0 Å². The van der Waals surface area contributed by atoms with Gasteiger partial charge in [0.2, 0.25) is 11.7 Å². The summed E-state index contributed by atoms with van der Waals surface area (Å²) in [6.45, 7) is -2.31. The molecule has 0 amide bonds. The molecule has 3 aromatic rings. The summed E-state index contributed by atoms with van der Waals surface area (Å²) in [4.78, 5) is 3.80. The zero-order valence-corrected chi connectivity index (χ0v) is 13.9. The van der Waals surface area contributed by atoms with Gasteiger partial charge < -0.3 is 9.47 Å². The van der Waals surface area contributed by atoms with Gasteiger partial charge in [-0.15, -0.1) is 10.2 Å². The molecule has 6 nitrogen and oxygen atoms in total. The predicted octanol–water partition coefficient (Wildman–Crippen LogP) is 3.47. The maximum absolute atomic E-state index is 14.1. The third-order valence-electron chi connectivity index (χ3n) is 3.51. The highest BCUT2D eigenvalue weighted by atomic mass is 19.4. The maximum Gasteiger partial charge on any atom is 0.422 e. The van der Waals surface area contributed by atoms with Crippen molar-refractivity contribution in [2.75, 3.05) is 20.3 Å². The van der Waals surface area contributed by atoms with E-state index in [0.29, 0.717) is 11.1 Å². The quantitative estimate of drug-likeness (QED) is 0.605. The van der Waals surface area contributed by atoms with Crippen LogP contribution in [0.15, 0.2) is 36.7 Å². The average molecular weight is 388 g/mol. The number of alkyl halides is 5. The highest BCUT2D eigenvalue weighted by molar-refractivity contribution is 5.64. The van der Waals surface area contributed by atoms with Crippen molar-refractivity contribution >= 4 is 5.65 Å². The predicted molar refractivity (Wildman–Crippen MR) is 83.5 cm³/mol. The number of ether oxygens (including phenoxy) is 2. The third kappa shape index (κ3) is 4.30. The molecule has 0 aliphatic rings. The molecule has 0 fully saturated rings. The first kappa shape index (κ1) is 19.0. The lowest BCUT2D eigenvalue weighted by molar-refractivity contribution is -0.154. The lowest BCUT2D eigenvalue weighted by Crippen LogP contribution is -2.23. The Morgan fingerprint density at radius 2 is 1.70 bits per heavy atom. The summed E-state index contributed by atoms with van der Waals surface area (Å²) < 4.78 is 74.9. The summed E-state index contributed by atoms with van der Waals surface area (Å²) >= 11 is 0. The number of fused-ring (bicyclic) bond motifs is 1. The van der Waals surface area contributed by atoms with Crippen LogP contribution in [0.25, 0.3) is 16.8 Å². The molecule has 3 rings (SSSR count). The van der Waals surface area contributed by atoms with Crippen molar-refractivity contribution in [2.24, 2.45) is 0 Å². The van der Waals surface area contributed by atoms with Gasteiger partial charge >= 0.3 is 12.1 Å². The van der Waals surface area contributed by atoms with E-state index in [1.54, 1.807) is 6.07 Å². The summed E-state index contributed by atoms with van der Waals surface area (Å²) in [6.07, 6.45) is -1.80. The van der Waals surface area contributed by atoms with E-state index in [2.05, 4.69) is 24.7 Å². The van der Waals surface area contributed by atoms with E-state index in [9.17, 15) is 22.0 Å². The fraction of sp³-hybridized carbons (Fsp3) is 0.312. The van der Waals surface area contributed by atoms with Crippen LogP contribution < -0.4 is 4.74 Å². The van der Waals surface area contributed by atoms with Crippen molar-refractivity contribution < 1.29 is 31.4 Å². The minimum Gasteiger partial charge on any atom is -0.468 e. The number of nitrogens with zero attached hydrogens (tertiary/aromatic N) is 4. The molecule has 0 bridgehead atoms. The smallest absolute Gasteiger partial charge is 0.422 e. The molecule has 3 heterocycles. The van der Waals surface area contributed by atoms with Crippen molar-refractivity contribution in [1.82, 2.24) is 19.6 Å². The van der Waals surface area contributed by atoms with Crippen LogP contribution in [-0.4, -0.2) is 46.1 Å². The maximum atomic E-state index is 14.1. The van der Waals surface area contributed by atoms with Gasteiger partial charge in [0.05, 0.1) is 0 Å². The molecule has 0 atom stereocenters. The normalized spacial score (nSPS) is 12.5. The molecule has 0 saturated carbocycles. The van der Waals surface area contributed by atoms with Crippen LogP contribution in [-0.2, 0) is 10.7 Å². The van der Waals surface area contributed by atoms with Gasteiger partial charge in [0.25, 0.3) is 0 Å². The molecule has 0 aromatic carbocycles. The number of pyridine rings is 2. The first-order valence-corrected chi connectivity index (χ1v) is 7.57. The Bertz CT molecular complexity index is 925. The van der Waals surface area contributed by atoms with E-state index >= 15 is 0 Å². The topological polar surface area (TPSA) is 61.5 Å². The van der Waals surface area contributed by atoms with Crippen molar-refractivity contribution in [3.63, 3.8) is 0 Å². The van der Waals surface area contributed by atoms with Gasteiger partial charge in [0.15, 0.2) is 12.3 Å². The molecule has 0 spiro atoms. The molecule has 0 radical (unpaired) electrons. The Labute approximate surface area is 149 Å². The van der Waals surface area contributed by atoms with Crippen LogP contribution in [0.4, 0.5) is 22.0 Å². The second-order valence-electron chi connectivity index (χ2n) is 5.60. The number of halogens is 5. The molecule has 0 N–H and O–H groups in total. The van der Waals surface area contributed by atoms with E-state index < -0.39 is 31.1 Å². The van der Waals surface area contributed by atoms with Gasteiger partial charge in [-0.2, -0.15) is 22.0 Å². The number of rotatable bonds is 6. The zero-order chi connectivity index (χ0) is 19.7. The van der Waals surface area contributed by atoms with E-state index in [-0.39, 0.29) is 11.5 Å². The van der Waals surface area contributed by atoms with Crippen LogP contribution in [0.3, 0.4) is 0 Å². The lowest BCUT2D eigenvalue weighted by atomic mass is 10.1. The minimum atomic E-state index is -4.47. The van der Waals surface area contributed by atoms with Crippen molar-refractivity contribution in [3.8, 4) is 17.0 Å². The highest BCUT2D eigenvalue weighted by Gasteiger charge is 2.37. The molecule has 11 heteroatoms. The van der Waals surface area contributed by atoms with E-state index in [0.717, 1.165) is 11.5 Å². The summed E-state index contributed by atoms with van der Waals surface area (Å²) in [5.74, 6) is -4.13. The van der Waals surface area contributed by atoms with Gasteiger partial charge in [-0.3, -0.25) is 4.40 Å². The number of aromatic nitrogens is 4. The molecule has 0 aliphatic heterocycles. The van der Waals surface area contributed by atoms with Crippen LogP contribution in [0.2, 0.25) is 0 Å².